The standard InChI is InChI=1S/C13H17FN2O2.ClH/c14-11-6-7-16(8-12(11)15)13(17)18-9-10-4-2-1-3-5-10;/h1-5,11-12H,6-9,15H2;1H/t11-,12-;/m0./s1. The van der Waals surface area contributed by atoms with Crippen molar-refractivity contribution in [3.8, 4) is 0 Å². The number of carbonyl (C=O) groups is 1. The molecule has 106 valence electrons. The highest BCUT2D eigenvalue weighted by atomic mass is 35.5. The molecule has 19 heavy (non-hydrogen) atoms. The molecular formula is C13H18ClFN2O2. The highest BCUT2D eigenvalue weighted by Crippen LogP contribution is 2.14. The Balaban J connectivity index is 0.00000180. The van der Waals surface area contributed by atoms with Gasteiger partial charge in [0.15, 0.2) is 0 Å². The molecule has 1 heterocycles. The lowest BCUT2D eigenvalue weighted by Crippen LogP contribution is -2.51. The fourth-order valence-electron chi connectivity index (χ4n) is 1.93. The molecule has 0 unspecified atom stereocenters. The predicted molar refractivity (Wildman–Crippen MR) is 72.9 cm³/mol. The summed E-state index contributed by atoms with van der Waals surface area (Å²) in [5.41, 5.74) is 6.52. The number of amides is 1. The molecule has 2 rings (SSSR count). The van der Waals surface area contributed by atoms with Crippen LogP contribution < -0.4 is 5.73 Å². The quantitative estimate of drug-likeness (QED) is 0.907. The van der Waals surface area contributed by atoms with Crippen molar-refractivity contribution in [2.75, 3.05) is 13.1 Å². The summed E-state index contributed by atoms with van der Waals surface area (Å²) in [6.07, 6.45) is -1.17. The van der Waals surface area contributed by atoms with Crippen molar-refractivity contribution < 1.29 is 13.9 Å². The average Bonchev–Trinajstić information content (AvgIpc) is 2.40. The number of hydrogen-bond acceptors (Lipinski definition) is 3. The summed E-state index contributed by atoms with van der Waals surface area (Å²) >= 11 is 0. The van der Waals surface area contributed by atoms with Crippen LogP contribution in [-0.4, -0.2) is 36.3 Å². The SMILES string of the molecule is Cl.N[C@H]1CN(C(=O)OCc2ccccc2)CC[C@@H]1F. The van der Waals surface area contributed by atoms with E-state index in [2.05, 4.69) is 0 Å². The molecule has 1 saturated heterocycles. The molecule has 2 atom stereocenters. The van der Waals surface area contributed by atoms with Gasteiger partial charge in [-0.1, -0.05) is 30.3 Å². The van der Waals surface area contributed by atoms with E-state index in [1.807, 2.05) is 30.3 Å². The zero-order chi connectivity index (χ0) is 13.0. The normalized spacial score (nSPS) is 22.5. The second-order valence-electron chi connectivity index (χ2n) is 4.45. The molecule has 2 N–H and O–H groups in total. The third-order valence-corrected chi connectivity index (χ3v) is 3.03. The highest BCUT2D eigenvalue weighted by molar-refractivity contribution is 5.85. The molecule has 0 radical (unpaired) electrons. The lowest BCUT2D eigenvalue weighted by atomic mass is 10.1. The summed E-state index contributed by atoms with van der Waals surface area (Å²) in [6.45, 7) is 0.807. The fourth-order valence-corrected chi connectivity index (χ4v) is 1.93. The van der Waals surface area contributed by atoms with E-state index >= 15 is 0 Å². The van der Waals surface area contributed by atoms with E-state index in [0.29, 0.717) is 6.54 Å². The largest absolute Gasteiger partial charge is 0.445 e. The van der Waals surface area contributed by atoms with E-state index in [9.17, 15) is 9.18 Å². The molecule has 4 nitrogen and oxygen atoms in total. The van der Waals surface area contributed by atoms with Gasteiger partial charge in [0.1, 0.15) is 12.8 Å². The number of alkyl halides is 1. The van der Waals surface area contributed by atoms with Crippen molar-refractivity contribution in [2.45, 2.75) is 25.2 Å². The average molecular weight is 289 g/mol. The van der Waals surface area contributed by atoms with Crippen LogP contribution in [0.5, 0.6) is 0 Å². The zero-order valence-electron chi connectivity index (χ0n) is 10.5. The molecule has 1 aliphatic heterocycles. The number of benzene rings is 1. The monoisotopic (exact) mass is 288 g/mol. The van der Waals surface area contributed by atoms with Crippen molar-refractivity contribution in [1.29, 1.82) is 0 Å². The molecule has 6 heteroatoms. The van der Waals surface area contributed by atoms with Crippen LogP contribution in [0.15, 0.2) is 30.3 Å². The summed E-state index contributed by atoms with van der Waals surface area (Å²) in [7, 11) is 0. The summed E-state index contributed by atoms with van der Waals surface area (Å²) in [4.78, 5) is 13.2. The van der Waals surface area contributed by atoms with E-state index in [1.165, 1.54) is 4.90 Å². The summed E-state index contributed by atoms with van der Waals surface area (Å²) in [6, 6.07) is 8.82. The number of rotatable bonds is 2. The van der Waals surface area contributed by atoms with Crippen molar-refractivity contribution in [2.24, 2.45) is 5.73 Å². The maximum Gasteiger partial charge on any atom is 0.410 e. The van der Waals surface area contributed by atoms with E-state index in [4.69, 9.17) is 10.5 Å². The van der Waals surface area contributed by atoms with Crippen molar-refractivity contribution in [1.82, 2.24) is 4.90 Å². The van der Waals surface area contributed by atoms with Gasteiger partial charge < -0.3 is 15.4 Å². The Morgan fingerprint density at radius 1 is 1.42 bits per heavy atom. The lowest BCUT2D eigenvalue weighted by molar-refractivity contribution is 0.0703. The highest BCUT2D eigenvalue weighted by Gasteiger charge is 2.29. The Labute approximate surface area is 118 Å². The van der Waals surface area contributed by atoms with Crippen molar-refractivity contribution in [3.05, 3.63) is 35.9 Å². The number of nitrogens with two attached hydrogens (primary N) is 1. The minimum atomic E-state index is -1.02. The van der Waals surface area contributed by atoms with Crippen LogP contribution in [0.25, 0.3) is 0 Å². The van der Waals surface area contributed by atoms with Gasteiger partial charge in [-0.25, -0.2) is 9.18 Å². The maximum atomic E-state index is 13.2. The Morgan fingerprint density at radius 3 is 2.74 bits per heavy atom. The van der Waals surface area contributed by atoms with Crippen LogP contribution in [0.3, 0.4) is 0 Å². The molecular weight excluding hydrogens is 271 g/mol. The first kappa shape index (κ1) is 15.7. The minimum absolute atomic E-state index is 0. The number of ether oxygens (including phenoxy) is 1. The van der Waals surface area contributed by atoms with E-state index in [0.717, 1.165) is 5.56 Å². The first-order valence-electron chi connectivity index (χ1n) is 6.02. The molecule has 0 spiro atoms. The van der Waals surface area contributed by atoms with Crippen LogP contribution in [-0.2, 0) is 11.3 Å². The van der Waals surface area contributed by atoms with Gasteiger partial charge in [-0.05, 0) is 12.0 Å². The summed E-state index contributed by atoms with van der Waals surface area (Å²) in [5, 5.41) is 0. The molecule has 1 aromatic rings. The molecule has 1 aromatic carbocycles. The minimum Gasteiger partial charge on any atom is -0.445 e. The topological polar surface area (TPSA) is 55.6 Å². The fraction of sp³-hybridized carbons (Fsp3) is 0.462. The van der Waals surface area contributed by atoms with Gasteiger partial charge in [0, 0.05) is 13.1 Å². The Kier molecular flexibility index (Phi) is 6.05. The Morgan fingerprint density at radius 2 is 2.11 bits per heavy atom. The molecule has 1 fully saturated rings. The van der Waals surface area contributed by atoms with E-state index in [1.54, 1.807) is 0 Å². The summed E-state index contributed by atoms with van der Waals surface area (Å²) in [5.74, 6) is 0. The Hall–Kier alpha value is -1.33. The second kappa shape index (κ2) is 7.31. The summed E-state index contributed by atoms with van der Waals surface area (Å²) < 4.78 is 18.3. The Bertz CT molecular complexity index is 405. The van der Waals surface area contributed by atoms with Gasteiger partial charge >= 0.3 is 6.09 Å². The number of hydrogen-bond donors (Lipinski definition) is 1. The van der Waals surface area contributed by atoms with Crippen LogP contribution in [0, 0.1) is 0 Å². The number of nitrogens with zero attached hydrogens (tertiary/aromatic N) is 1. The van der Waals surface area contributed by atoms with Gasteiger partial charge in [-0.15, -0.1) is 12.4 Å². The molecule has 0 bridgehead atoms. The second-order valence-corrected chi connectivity index (χ2v) is 4.45. The van der Waals surface area contributed by atoms with Gasteiger partial charge in [0.25, 0.3) is 0 Å². The number of piperidine rings is 1. The van der Waals surface area contributed by atoms with Crippen LogP contribution in [0.2, 0.25) is 0 Å². The lowest BCUT2D eigenvalue weighted by Gasteiger charge is -2.32. The third-order valence-electron chi connectivity index (χ3n) is 3.03. The molecule has 0 aliphatic carbocycles. The van der Waals surface area contributed by atoms with E-state index < -0.39 is 18.3 Å². The zero-order valence-corrected chi connectivity index (χ0v) is 11.3. The van der Waals surface area contributed by atoms with Crippen LogP contribution in [0.1, 0.15) is 12.0 Å². The number of halogens is 2. The molecule has 1 amide bonds. The predicted octanol–water partition coefficient (Wildman–Crippen LogP) is 2.12. The van der Waals surface area contributed by atoms with Crippen molar-refractivity contribution >= 4 is 18.5 Å². The van der Waals surface area contributed by atoms with Gasteiger partial charge in [-0.3, -0.25) is 0 Å². The number of likely N-dealkylation sites (tertiary alicyclic amines) is 1. The smallest absolute Gasteiger partial charge is 0.410 e. The van der Waals surface area contributed by atoms with Gasteiger partial charge in [0.05, 0.1) is 6.04 Å². The molecule has 1 aliphatic rings. The van der Waals surface area contributed by atoms with Crippen molar-refractivity contribution in [3.63, 3.8) is 0 Å². The molecule has 0 saturated carbocycles. The number of carbonyl (C=O) groups excluding carboxylic acids is 1. The first-order chi connectivity index (χ1) is 8.66. The van der Waals surface area contributed by atoms with Gasteiger partial charge in [0.2, 0.25) is 0 Å². The van der Waals surface area contributed by atoms with E-state index in [-0.39, 0.29) is 32.0 Å². The van der Waals surface area contributed by atoms with Gasteiger partial charge in [-0.2, -0.15) is 0 Å². The van der Waals surface area contributed by atoms with Crippen LogP contribution in [0.4, 0.5) is 9.18 Å². The van der Waals surface area contributed by atoms with Crippen LogP contribution >= 0.6 is 12.4 Å². The first-order valence-corrected chi connectivity index (χ1v) is 6.02. The third kappa shape index (κ3) is 4.36. The molecule has 0 aromatic heterocycles. The maximum absolute atomic E-state index is 13.2.